The van der Waals surface area contributed by atoms with Gasteiger partial charge in [0.25, 0.3) is 5.22 Å². The average molecular weight is 369 g/mol. The van der Waals surface area contributed by atoms with Crippen LogP contribution < -0.4 is 10.1 Å². The lowest BCUT2D eigenvalue weighted by Gasteiger charge is -2.06. The molecule has 1 amide bonds. The summed E-state index contributed by atoms with van der Waals surface area (Å²) in [4.78, 5) is 12.0. The highest BCUT2D eigenvalue weighted by atomic mass is 32.2. The van der Waals surface area contributed by atoms with E-state index in [0.29, 0.717) is 17.7 Å². The van der Waals surface area contributed by atoms with E-state index in [1.807, 2.05) is 55.5 Å². The number of amides is 1. The van der Waals surface area contributed by atoms with Crippen molar-refractivity contribution >= 4 is 17.7 Å². The van der Waals surface area contributed by atoms with Crippen LogP contribution in [0.5, 0.6) is 5.75 Å². The number of hydrogen-bond acceptors (Lipinski definition) is 6. The number of aryl methyl sites for hydroxylation is 1. The summed E-state index contributed by atoms with van der Waals surface area (Å²) in [7, 11) is 1.61. The zero-order chi connectivity index (χ0) is 18.4. The lowest BCUT2D eigenvalue weighted by atomic mass is 10.1. The van der Waals surface area contributed by atoms with Crippen LogP contribution in [0.3, 0.4) is 0 Å². The molecule has 1 N–H and O–H groups in total. The third kappa shape index (κ3) is 4.86. The van der Waals surface area contributed by atoms with E-state index in [1.54, 1.807) is 7.11 Å². The summed E-state index contributed by atoms with van der Waals surface area (Å²) in [6, 6.07) is 15.4. The number of benzene rings is 2. The molecule has 0 unspecified atom stereocenters. The van der Waals surface area contributed by atoms with Crippen LogP contribution in [-0.2, 0) is 11.3 Å². The van der Waals surface area contributed by atoms with Crippen molar-refractivity contribution in [2.24, 2.45) is 0 Å². The first-order chi connectivity index (χ1) is 12.6. The van der Waals surface area contributed by atoms with Gasteiger partial charge < -0.3 is 14.5 Å². The third-order valence-corrected chi connectivity index (χ3v) is 4.47. The van der Waals surface area contributed by atoms with Crippen LogP contribution in [0.1, 0.15) is 11.1 Å². The molecule has 0 atom stereocenters. The van der Waals surface area contributed by atoms with E-state index in [0.717, 1.165) is 22.4 Å². The Morgan fingerprint density at radius 2 is 2.00 bits per heavy atom. The van der Waals surface area contributed by atoms with Crippen molar-refractivity contribution < 1.29 is 13.9 Å². The van der Waals surface area contributed by atoms with Crippen molar-refractivity contribution in [2.75, 3.05) is 12.9 Å². The highest BCUT2D eigenvalue weighted by Crippen LogP contribution is 2.23. The van der Waals surface area contributed by atoms with E-state index in [9.17, 15) is 4.79 Å². The van der Waals surface area contributed by atoms with E-state index in [1.165, 1.54) is 11.8 Å². The Morgan fingerprint density at radius 1 is 1.19 bits per heavy atom. The molecule has 0 aliphatic carbocycles. The smallest absolute Gasteiger partial charge is 0.277 e. The number of hydrogen-bond donors (Lipinski definition) is 1. The van der Waals surface area contributed by atoms with Gasteiger partial charge in [0.05, 0.1) is 12.9 Å². The second-order valence-corrected chi connectivity index (χ2v) is 6.58. The Hall–Kier alpha value is -2.80. The van der Waals surface area contributed by atoms with Gasteiger partial charge in [-0.15, -0.1) is 10.2 Å². The van der Waals surface area contributed by atoms with Gasteiger partial charge in [0.15, 0.2) is 0 Å². The van der Waals surface area contributed by atoms with Gasteiger partial charge in [-0.1, -0.05) is 41.6 Å². The summed E-state index contributed by atoms with van der Waals surface area (Å²) in [5.41, 5.74) is 3.00. The van der Waals surface area contributed by atoms with Gasteiger partial charge in [0.1, 0.15) is 5.75 Å². The predicted molar refractivity (Wildman–Crippen MR) is 100 cm³/mol. The average Bonchev–Trinajstić information content (AvgIpc) is 3.14. The quantitative estimate of drug-likeness (QED) is 0.643. The van der Waals surface area contributed by atoms with Crippen molar-refractivity contribution in [3.05, 3.63) is 59.7 Å². The zero-order valence-electron chi connectivity index (χ0n) is 14.6. The SMILES string of the molecule is COc1cccc(CNC(=O)CSc2nnc(-c3ccc(C)cc3)o2)c1. The maximum atomic E-state index is 12.0. The highest BCUT2D eigenvalue weighted by molar-refractivity contribution is 7.99. The third-order valence-electron chi connectivity index (χ3n) is 3.66. The molecule has 3 aromatic rings. The van der Waals surface area contributed by atoms with E-state index in [4.69, 9.17) is 9.15 Å². The van der Waals surface area contributed by atoms with Crippen molar-refractivity contribution in [3.63, 3.8) is 0 Å². The number of thioether (sulfide) groups is 1. The largest absolute Gasteiger partial charge is 0.497 e. The first-order valence-electron chi connectivity index (χ1n) is 8.07. The molecule has 1 aromatic heterocycles. The van der Waals surface area contributed by atoms with Crippen molar-refractivity contribution in [3.8, 4) is 17.2 Å². The Bertz CT molecular complexity index is 878. The molecular weight excluding hydrogens is 350 g/mol. The summed E-state index contributed by atoms with van der Waals surface area (Å²) in [6.45, 7) is 2.46. The molecular formula is C19H19N3O3S. The van der Waals surface area contributed by atoms with Gasteiger partial charge in [-0.3, -0.25) is 4.79 Å². The minimum absolute atomic E-state index is 0.104. The standard InChI is InChI=1S/C19H19N3O3S/c1-13-6-8-15(9-7-13)18-21-22-19(25-18)26-12-17(23)20-11-14-4-3-5-16(10-14)24-2/h3-10H,11-12H2,1-2H3,(H,20,23). The normalized spacial score (nSPS) is 10.5. The molecule has 6 nitrogen and oxygen atoms in total. The lowest BCUT2D eigenvalue weighted by molar-refractivity contribution is -0.118. The number of aromatic nitrogens is 2. The Labute approximate surface area is 156 Å². The molecule has 0 aliphatic heterocycles. The fourth-order valence-electron chi connectivity index (χ4n) is 2.24. The van der Waals surface area contributed by atoms with E-state index in [-0.39, 0.29) is 11.7 Å². The van der Waals surface area contributed by atoms with Crippen molar-refractivity contribution in [1.29, 1.82) is 0 Å². The second-order valence-electron chi connectivity index (χ2n) is 5.66. The Morgan fingerprint density at radius 3 is 2.77 bits per heavy atom. The molecule has 0 bridgehead atoms. The molecule has 0 spiro atoms. The first kappa shape index (κ1) is 18.0. The molecule has 0 saturated carbocycles. The molecule has 3 rings (SSSR count). The predicted octanol–water partition coefficient (Wildman–Crippen LogP) is 3.46. The fraction of sp³-hybridized carbons (Fsp3) is 0.211. The van der Waals surface area contributed by atoms with Gasteiger partial charge in [0, 0.05) is 12.1 Å². The van der Waals surface area contributed by atoms with Gasteiger partial charge in [0.2, 0.25) is 11.8 Å². The maximum Gasteiger partial charge on any atom is 0.277 e. The molecule has 7 heteroatoms. The summed E-state index contributed by atoms with van der Waals surface area (Å²) in [5, 5.41) is 11.2. The molecule has 0 aliphatic rings. The minimum atomic E-state index is -0.104. The summed E-state index contributed by atoms with van der Waals surface area (Å²) < 4.78 is 10.8. The number of carbonyl (C=O) groups is 1. The van der Waals surface area contributed by atoms with E-state index in [2.05, 4.69) is 15.5 Å². The number of nitrogens with one attached hydrogen (secondary N) is 1. The summed E-state index contributed by atoms with van der Waals surface area (Å²) in [6.07, 6.45) is 0. The lowest BCUT2D eigenvalue weighted by Crippen LogP contribution is -2.24. The van der Waals surface area contributed by atoms with Crippen molar-refractivity contribution in [2.45, 2.75) is 18.7 Å². The molecule has 0 radical (unpaired) electrons. The Kier molecular flexibility index (Phi) is 5.91. The van der Waals surface area contributed by atoms with Crippen LogP contribution >= 0.6 is 11.8 Å². The van der Waals surface area contributed by atoms with Crippen LogP contribution in [0.4, 0.5) is 0 Å². The topological polar surface area (TPSA) is 77.2 Å². The number of nitrogens with zero attached hydrogens (tertiary/aromatic N) is 2. The minimum Gasteiger partial charge on any atom is -0.497 e. The number of carbonyl (C=O) groups excluding carboxylic acids is 1. The number of methoxy groups -OCH3 is 1. The maximum absolute atomic E-state index is 12.0. The summed E-state index contributed by atoms with van der Waals surface area (Å²) >= 11 is 1.21. The van der Waals surface area contributed by atoms with E-state index >= 15 is 0 Å². The van der Waals surface area contributed by atoms with Crippen molar-refractivity contribution in [1.82, 2.24) is 15.5 Å². The van der Waals surface area contributed by atoms with Crippen LogP contribution in [0.15, 0.2) is 58.2 Å². The van der Waals surface area contributed by atoms with Gasteiger partial charge in [-0.2, -0.15) is 0 Å². The molecule has 26 heavy (non-hydrogen) atoms. The number of ether oxygens (including phenoxy) is 1. The van der Waals surface area contributed by atoms with Crippen LogP contribution in [0.2, 0.25) is 0 Å². The zero-order valence-corrected chi connectivity index (χ0v) is 15.4. The van der Waals surface area contributed by atoms with Gasteiger partial charge in [-0.05, 0) is 36.8 Å². The summed E-state index contributed by atoms with van der Waals surface area (Å²) in [5.74, 6) is 1.32. The molecule has 2 aromatic carbocycles. The molecule has 0 fully saturated rings. The molecule has 134 valence electrons. The van der Waals surface area contributed by atoms with E-state index < -0.39 is 0 Å². The second kappa shape index (κ2) is 8.53. The van der Waals surface area contributed by atoms with Crippen LogP contribution in [0.25, 0.3) is 11.5 Å². The highest BCUT2D eigenvalue weighted by Gasteiger charge is 2.11. The molecule has 0 saturated heterocycles. The van der Waals surface area contributed by atoms with Gasteiger partial charge >= 0.3 is 0 Å². The van der Waals surface area contributed by atoms with Gasteiger partial charge in [-0.25, -0.2) is 0 Å². The molecule has 1 heterocycles. The van der Waals surface area contributed by atoms with Crippen LogP contribution in [-0.4, -0.2) is 29.0 Å². The monoisotopic (exact) mass is 369 g/mol. The first-order valence-corrected chi connectivity index (χ1v) is 9.05. The fourth-order valence-corrected chi connectivity index (χ4v) is 2.84. The number of rotatable bonds is 7. The van der Waals surface area contributed by atoms with Crippen LogP contribution in [0, 0.1) is 6.92 Å². The Balaban J connectivity index is 1.49.